The van der Waals surface area contributed by atoms with Gasteiger partial charge in [-0.05, 0) is 37.1 Å². The van der Waals surface area contributed by atoms with Gasteiger partial charge < -0.3 is 14.8 Å². The molecule has 1 amide bonds. The Labute approximate surface area is 171 Å². The van der Waals surface area contributed by atoms with Crippen LogP contribution >= 0.6 is 11.6 Å². The first-order valence-corrected chi connectivity index (χ1v) is 9.67. The van der Waals surface area contributed by atoms with E-state index in [1.165, 1.54) is 12.7 Å². The predicted molar refractivity (Wildman–Crippen MR) is 110 cm³/mol. The Morgan fingerprint density at radius 3 is 2.50 bits per heavy atom. The number of carbonyl (C=O) groups is 2. The Morgan fingerprint density at radius 2 is 1.86 bits per heavy atom. The van der Waals surface area contributed by atoms with Crippen LogP contribution in [0.15, 0.2) is 48.5 Å². The maximum Gasteiger partial charge on any atom is 0.311 e. The smallest absolute Gasteiger partial charge is 0.311 e. The van der Waals surface area contributed by atoms with E-state index in [0.29, 0.717) is 22.9 Å². The van der Waals surface area contributed by atoms with Crippen molar-refractivity contribution in [3.8, 4) is 5.75 Å². The first-order chi connectivity index (χ1) is 13.4. The van der Waals surface area contributed by atoms with Crippen LogP contribution in [-0.2, 0) is 20.7 Å². The number of esters is 1. The number of benzene rings is 2. The summed E-state index contributed by atoms with van der Waals surface area (Å²) in [7, 11) is 1.52. The Hall–Kier alpha value is -2.53. The molecule has 150 valence electrons. The molecule has 0 radical (unpaired) electrons. The van der Waals surface area contributed by atoms with E-state index < -0.39 is 12.1 Å². The van der Waals surface area contributed by atoms with E-state index in [0.717, 1.165) is 6.42 Å². The highest BCUT2D eigenvalue weighted by Gasteiger charge is 2.20. The molecule has 0 aliphatic rings. The second kappa shape index (κ2) is 10.7. The molecule has 2 aromatic carbocycles. The molecule has 0 aliphatic carbocycles. The molecule has 2 aromatic rings. The molecule has 0 bridgehead atoms. The summed E-state index contributed by atoms with van der Waals surface area (Å²) >= 11 is 5.98. The van der Waals surface area contributed by atoms with E-state index in [-0.39, 0.29) is 18.2 Å². The average Bonchev–Trinajstić information content (AvgIpc) is 2.69. The fourth-order valence-corrected chi connectivity index (χ4v) is 3.12. The lowest BCUT2D eigenvalue weighted by atomic mass is 9.96. The van der Waals surface area contributed by atoms with Gasteiger partial charge in [0.2, 0.25) is 0 Å². The standard InChI is InChI=1S/C22H26ClNO4/c1-4-16(17-8-6-5-7-9-17)14-24-22(26)15(2)28-21(25)13-18-12-19(23)10-11-20(18)27-3/h5-12,15-16H,4,13-14H2,1-3H3,(H,24,26)/t15-,16-/m0/s1. The second-order valence-electron chi connectivity index (χ2n) is 6.53. The van der Waals surface area contributed by atoms with Crippen molar-refractivity contribution in [2.45, 2.75) is 38.7 Å². The maximum absolute atomic E-state index is 12.3. The van der Waals surface area contributed by atoms with Crippen molar-refractivity contribution in [3.63, 3.8) is 0 Å². The van der Waals surface area contributed by atoms with Gasteiger partial charge in [-0.3, -0.25) is 9.59 Å². The number of hydrogen-bond donors (Lipinski definition) is 1. The van der Waals surface area contributed by atoms with Crippen molar-refractivity contribution in [3.05, 3.63) is 64.7 Å². The fraction of sp³-hybridized carbons (Fsp3) is 0.364. The van der Waals surface area contributed by atoms with E-state index in [9.17, 15) is 9.59 Å². The Bertz CT molecular complexity index is 794. The minimum absolute atomic E-state index is 0.0248. The van der Waals surface area contributed by atoms with Crippen LogP contribution in [0.4, 0.5) is 0 Å². The van der Waals surface area contributed by atoms with Gasteiger partial charge in [-0.2, -0.15) is 0 Å². The molecule has 0 aliphatic heterocycles. The molecular formula is C22H26ClNO4. The first kappa shape index (κ1) is 21.8. The van der Waals surface area contributed by atoms with E-state index in [2.05, 4.69) is 12.2 Å². The van der Waals surface area contributed by atoms with Gasteiger partial charge in [0.25, 0.3) is 5.91 Å². The second-order valence-corrected chi connectivity index (χ2v) is 6.96. The summed E-state index contributed by atoms with van der Waals surface area (Å²) < 4.78 is 10.5. The molecule has 2 rings (SSSR count). The average molecular weight is 404 g/mol. The monoisotopic (exact) mass is 403 g/mol. The molecular weight excluding hydrogens is 378 g/mol. The zero-order valence-electron chi connectivity index (χ0n) is 16.4. The molecule has 0 heterocycles. The molecule has 0 unspecified atom stereocenters. The van der Waals surface area contributed by atoms with Crippen LogP contribution in [0, 0.1) is 0 Å². The summed E-state index contributed by atoms with van der Waals surface area (Å²) in [6.45, 7) is 4.13. The Morgan fingerprint density at radius 1 is 1.14 bits per heavy atom. The minimum Gasteiger partial charge on any atom is -0.496 e. The van der Waals surface area contributed by atoms with Crippen LogP contribution in [0.5, 0.6) is 5.75 Å². The molecule has 0 aromatic heterocycles. The van der Waals surface area contributed by atoms with E-state index in [4.69, 9.17) is 21.1 Å². The summed E-state index contributed by atoms with van der Waals surface area (Å²) in [6, 6.07) is 15.0. The SMILES string of the molecule is CC[C@@H](CNC(=O)[C@H](C)OC(=O)Cc1cc(Cl)ccc1OC)c1ccccc1. The number of halogens is 1. The Kier molecular flexibility index (Phi) is 8.33. The van der Waals surface area contributed by atoms with Crippen molar-refractivity contribution in [2.75, 3.05) is 13.7 Å². The lowest BCUT2D eigenvalue weighted by Gasteiger charge is -2.19. The highest BCUT2D eigenvalue weighted by atomic mass is 35.5. The normalized spacial score (nSPS) is 12.7. The van der Waals surface area contributed by atoms with Gasteiger partial charge >= 0.3 is 5.97 Å². The molecule has 28 heavy (non-hydrogen) atoms. The highest BCUT2D eigenvalue weighted by molar-refractivity contribution is 6.30. The lowest BCUT2D eigenvalue weighted by Crippen LogP contribution is -2.38. The van der Waals surface area contributed by atoms with Crippen LogP contribution in [0.3, 0.4) is 0 Å². The molecule has 2 atom stereocenters. The fourth-order valence-electron chi connectivity index (χ4n) is 2.92. The van der Waals surface area contributed by atoms with Crippen molar-refractivity contribution in [1.82, 2.24) is 5.32 Å². The number of nitrogens with one attached hydrogen (secondary N) is 1. The number of rotatable bonds is 9. The largest absolute Gasteiger partial charge is 0.496 e. The molecule has 1 N–H and O–H groups in total. The lowest BCUT2D eigenvalue weighted by molar-refractivity contribution is -0.154. The third-order valence-electron chi connectivity index (χ3n) is 4.54. The number of hydrogen-bond acceptors (Lipinski definition) is 4. The summed E-state index contributed by atoms with van der Waals surface area (Å²) in [5.74, 6) is -0.0741. The number of carbonyl (C=O) groups excluding carboxylic acids is 2. The van der Waals surface area contributed by atoms with Crippen molar-refractivity contribution in [2.24, 2.45) is 0 Å². The van der Waals surface area contributed by atoms with Gasteiger partial charge in [0, 0.05) is 23.0 Å². The summed E-state index contributed by atoms with van der Waals surface area (Å²) in [5.41, 5.74) is 1.78. The number of methoxy groups -OCH3 is 1. The molecule has 0 saturated heterocycles. The number of ether oxygens (including phenoxy) is 2. The summed E-state index contributed by atoms with van der Waals surface area (Å²) in [6.07, 6.45) is -0.0124. The van der Waals surface area contributed by atoms with Gasteiger partial charge in [0.1, 0.15) is 5.75 Å². The molecule has 5 nitrogen and oxygen atoms in total. The molecule has 0 fully saturated rings. The minimum atomic E-state index is -0.883. The topological polar surface area (TPSA) is 64.6 Å². The van der Waals surface area contributed by atoms with Gasteiger partial charge in [-0.25, -0.2) is 0 Å². The van der Waals surface area contributed by atoms with E-state index in [1.807, 2.05) is 30.3 Å². The van der Waals surface area contributed by atoms with Crippen LogP contribution in [-0.4, -0.2) is 31.6 Å². The van der Waals surface area contributed by atoms with Gasteiger partial charge in [0.05, 0.1) is 13.5 Å². The predicted octanol–water partition coefficient (Wildman–Crippen LogP) is 4.13. The first-order valence-electron chi connectivity index (χ1n) is 9.29. The van der Waals surface area contributed by atoms with Crippen LogP contribution in [0.2, 0.25) is 5.02 Å². The number of amides is 1. The zero-order valence-corrected chi connectivity index (χ0v) is 17.2. The van der Waals surface area contributed by atoms with Crippen LogP contribution < -0.4 is 10.1 Å². The molecule has 6 heteroatoms. The van der Waals surface area contributed by atoms with Gasteiger partial charge in [-0.1, -0.05) is 48.9 Å². The van der Waals surface area contributed by atoms with Crippen molar-refractivity contribution >= 4 is 23.5 Å². The van der Waals surface area contributed by atoms with Gasteiger partial charge in [0.15, 0.2) is 6.10 Å². The van der Waals surface area contributed by atoms with Crippen molar-refractivity contribution < 1.29 is 19.1 Å². The van der Waals surface area contributed by atoms with Crippen LogP contribution in [0.25, 0.3) is 0 Å². The third kappa shape index (κ3) is 6.27. The van der Waals surface area contributed by atoms with Crippen LogP contribution in [0.1, 0.15) is 37.3 Å². The third-order valence-corrected chi connectivity index (χ3v) is 4.78. The van der Waals surface area contributed by atoms with E-state index >= 15 is 0 Å². The van der Waals surface area contributed by atoms with E-state index in [1.54, 1.807) is 25.1 Å². The summed E-state index contributed by atoms with van der Waals surface area (Å²) in [5, 5.41) is 3.37. The zero-order chi connectivity index (χ0) is 20.5. The Balaban J connectivity index is 1.88. The highest BCUT2D eigenvalue weighted by Crippen LogP contribution is 2.23. The summed E-state index contributed by atoms with van der Waals surface area (Å²) in [4.78, 5) is 24.5. The van der Waals surface area contributed by atoms with Gasteiger partial charge in [-0.15, -0.1) is 0 Å². The molecule has 0 saturated carbocycles. The maximum atomic E-state index is 12.3. The quantitative estimate of drug-likeness (QED) is 0.639. The molecule has 0 spiro atoms. The van der Waals surface area contributed by atoms with Crippen molar-refractivity contribution in [1.29, 1.82) is 0 Å².